The number of urea groups is 1. The van der Waals surface area contributed by atoms with Crippen molar-refractivity contribution in [1.82, 2.24) is 10.2 Å². The summed E-state index contributed by atoms with van der Waals surface area (Å²) in [7, 11) is 2.08. The van der Waals surface area contributed by atoms with Crippen LogP contribution < -0.4 is 10.6 Å². The number of rotatable bonds is 8. The second kappa shape index (κ2) is 8.63. The van der Waals surface area contributed by atoms with E-state index in [-0.39, 0.29) is 11.6 Å². The van der Waals surface area contributed by atoms with E-state index in [1.54, 1.807) is 5.38 Å². The number of carbonyl (C=O) groups is 2. The maximum absolute atomic E-state index is 11.7. The van der Waals surface area contributed by atoms with Gasteiger partial charge in [0.05, 0.1) is 5.56 Å². The standard InChI is InChI=1S/C14H23N3O3S/c1-10(2)17(3)8-5-4-7-15-14(20)16-12-11(13(18)19)6-9-21-12/h6,9-10H,4-5,7-8H2,1-3H3,(H,18,19)(H2,15,16,20). The van der Waals surface area contributed by atoms with Crippen molar-refractivity contribution in [3.8, 4) is 0 Å². The van der Waals surface area contributed by atoms with Gasteiger partial charge in [-0.1, -0.05) is 0 Å². The Hall–Kier alpha value is -1.60. The van der Waals surface area contributed by atoms with Crippen LogP contribution >= 0.6 is 11.3 Å². The first-order chi connectivity index (χ1) is 9.91. The summed E-state index contributed by atoms with van der Waals surface area (Å²) in [4.78, 5) is 24.8. The second-order valence-electron chi connectivity index (χ2n) is 5.13. The van der Waals surface area contributed by atoms with Gasteiger partial charge < -0.3 is 15.3 Å². The zero-order valence-corrected chi connectivity index (χ0v) is 13.5. The molecule has 0 aliphatic rings. The molecule has 0 spiro atoms. The molecule has 0 aliphatic carbocycles. The van der Waals surface area contributed by atoms with Crippen molar-refractivity contribution in [1.29, 1.82) is 0 Å². The maximum atomic E-state index is 11.7. The molecule has 0 radical (unpaired) electrons. The van der Waals surface area contributed by atoms with E-state index in [1.165, 1.54) is 17.4 Å². The summed E-state index contributed by atoms with van der Waals surface area (Å²) < 4.78 is 0. The Balaban J connectivity index is 2.23. The summed E-state index contributed by atoms with van der Waals surface area (Å²) in [6.07, 6.45) is 1.90. The number of thiophene rings is 1. The molecule has 0 saturated carbocycles. The molecule has 0 fully saturated rings. The van der Waals surface area contributed by atoms with Crippen LogP contribution in [0.3, 0.4) is 0 Å². The summed E-state index contributed by atoms with van der Waals surface area (Å²) >= 11 is 1.20. The summed E-state index contributed by atoms with van der Waals surface area (Å²) in [6.45, 7) is 5.86. The molecule has 1 aromatic heterocycles. The number of nitrogens with zero attached hydrogens (tertiary/aromatic N) is 1. The van der Waals surface area contributed by atoms with Crippen molar-refractivity contribution in [2.75, 3.05) is 25.5 Å². The van der Waals surface area contributed by atoms with Gasteiger partial charge in [0.2, 0.25) is 0 Å². The van der Waals surface area contributed by atoms with Crippen molar-refractivity contribution < 1.29 is 14.7 Å². The lowest BCUT2D eigenvalue weighted by molar-refractivity contribution is 0.0698. The van der Waals surface area contributed by atoms with E-state index in [9.17, 15) is 9.59 Å². The lowest BCUT2D eigenvalue weighted by Crippen LogP contribution is -2.31. The monoisotopic (exact) mass is 313 g/mol. The fraction of sp³-hybridized carbons (Fsp3) is 0.571. The molecule has 0 saturated heterocycles. The van der Waals surface area contributed by atoms with E-state index in [1.807, 2.05) is 0 Å². The zero-order chi connectivity index (χ0) is 15.8. The Morgan fingerprint density at radius 2 is 2.10 bits per heavy atom. The van der Waals surface area contributed by atoms with Gasteiger partial charge in [-0.05, 0) is 51.7 Å². The first-order valence-electron chi connectivity index (χ1n) is 6.97. The molecule has 3 N–H and O–H groups in total. The van der Waals surface area contributed by atoms with Gasteiger partial charge in [-0.2, -0.15) is 0 Å². The molecule has 1 aromatic rings. The zero-order valence-electron chi connectivity index (χ0n) is 12.7. The van der Waals surface area contributed by atoms with Crippen molar-refractivity contribution >= 4 is 28.3 Å². The lowest BCUT2D eigenvalue weighted by Gasteiger charge is -2.20. The largest absolute Gasteiger partial charge is 0.478 e. The minimum absolute atomic E-state index is 0.119. The highest BCUT2D eigenvalue weighted by Gasteiger charge is 2.13. The summed E-state index contributed by atoms with van der Waals surface area (Å²) in [5, 5.41) is 16.2. The molecule has 1 heterocycles. The van der Waals surface area contributed by atoms with Crippen molar-refractivity contribution in [2.24, 2.45) is 0 Å². The fourth-order valence-electron chi connectivity index (χ4n) is 1.67. The number of carbonyl (C=O) groups excluding carboxylic acids is 1. The van der Waals surface area contributed by atoms with E-state index in [0.29, 0.717) is 17.6 Å². The highest BCUT2D eigenvalue weighted by molar-refractivity contribution is 7.14. The second-order valence-corrected chi connectivity index (χ2v) is 6.05. The molecular formula is C14H23N3O3S. The third-order valence-electron chi connectivity index (χ3n) is 3.23. The van der Waals surface area contributed by atoms with E-state index < -0.39 is 5.97 Å². The number of amides is 2. The first kappa shape index (κ1) is 17.5. The number of hydrogen-bond acceptors (Lipinski definition) is 4. The van der Waals surface area contributed by atoms with E-state index in [4.69, 9.17) is 5.11 Å². The van der Waals surface area contributed by atoms with E-state index >= 15 is 0 Å². The molecular weight excluding hydrogens is 290 g/mol. The highest BCUT2D eigenvalue weighted by atomic mass is 32.1. The van der Waals surface area contributed by atoms with Gasteiger partial charge in [0.25, 0.3) is 0 Å². The molecule has 7 heteroatoms. The molecule has 0 bridgehead atoms. The summed E-state index contributed by atoms with van der Waals surface area (Å²) in [6, 6.07) is 1.64. The molecule has 6 nitrogen and oxygen atoms in total. The van der Waals surface area contributed by atoms with Gasteiger partial charge in [0, 0.05) is 12.6 Å². The van der Waals surface area contributed by atoms with Crippen LogP contribution in [0, 0.1) is 0 Å². The molecule has 1 rings (SSSR count). The average Bonchev–Trinajstić information content (AvgIpc) is 2.86. The quantitative estimate of drug-likeness (QED) is 0.645. The molecule has 2 amide bonds. The van der Waals surface area contributed by atoms with Crippen molar-refractivity contribution in [3.05, 3.63) is 17.0 Å². The van der Waals surface area contributed by atoms with Gasteiger partial charge in [0.1, 0.15) is 5.00 Å². The van der Waals surface area contributed by atoms with Crippen LogP contribution in [0.2, 0.25) is 0 Å². The van der Waals surface area contributed by atoms with Crippen LogP contribution in [0.15, 0.2) is 11.4 Å². The van der Waals surface area contributed by atoms with Crippen LogP contribution in [-0.2, 0) is 0 Å². The number of unbranched alkanes of at least 4 members (excludes halogenated alkanes) is 1. The van der Waals surface area contributed by atoms with Crippen LogP contribution in [0.1, 0.15) is 37.0 Å². The lowest BCUT2D eigenvalue weighted by atomic mass is 10.2. The Morgan fingerprint density at radius 3 is 2.71 bits per heavy atom. The number of carboxylic acids is 1. The Morgan fingerprint density at radius 1 is 1.38 bits per heavy atom. The number of nitrogens with one attached hydrogen (secondary N) is 2. The van der Waals surface area contributed by atoms with Crippen LogP contribution in [0.5, 0.6) is 0 Å². The normalized spacial score (nSPS) is 10.9. The molecule has 21 heavy (non-hydrogen) atoms. The SMILES string of the molecule is CC(C)N(C)CCCCNC(=O)Nc1sccc1C(=O)O. The van der Waals surface area contributed by atoms with Crippen LogP contribution in [0.4, 0.5) is 9.80 Å². The molecule has 118 valence electrons. The van der Waals surface area contributed by atoms with Gasteiger partial charge >= 0.3 is 12.0 Å². The number of carboxylic acid groups (broad SMARTS) is 1. The summed E-state index contributed by atoms with van der Waals surface area (Å²) in [5.74, 6) is -1.04. The third kappa shape index (κ3) is 6.14. The van der Waals surface area contributed by atoms with E-state index in [0.717, 1.165) is 19.4 Å². The molecule has 0 atom stereocenters. The van der Waals surface area contributed by atoms with Crippen LogP contribution in [0.25, 0.3) is 0 Å². The average molecular weight is 313 g/mol. The van der Waals surface area contributed by atoms with Crippen molar-refractivity contribution in [3.63, 3.8) is 0 Å². The maximum Gasteiger partial charge on any atom is 0.338 e. The topological polar surface area (TPSA) is 81.7 Å². The predicted molar refractivity (Wildman–Crippen MR) is 85.3 cm³/mol. The van der Waals surface area contributed by atoms with Gasteiger partial charge in [-0.25, -0.2) is 9.59 Å². The number of hydrogen-bond donors (Lipinski definition) is 3. The molecule has 0 aliphatic heterocycles. The molecule has 0 unspecified atom stereocenters. The smallest absolute Gasteiger partial charge is 0.338 e. The Labute approximate surface area is 129 Å². The minimum Gasteiger partial charge on any atom is -0.478 e. The third-order valence-corrected chi connectivity index (χ3v) is 4.06. The Kier molecular flexibility index (Phi) is 7.18. The minimum atomic E-state index is -1.04. The van der Waals surface area contributed by atoms with Gasteiger partial charge in [0.15, 0.2) is 0 Å². The number of anilines is 1. The summed E-state index contributed by atoms with van der Waals surface area (Å²) in [5.41, 5.74) is 0.119. The van der Waals surface area contributed by atoms with E-state index in [2.05, 4.69) is 36.4 Å². The molecule has 0 aromatic carbocycles. The number of aromatic carboxylic acids is 1. The van der Waals surface area contributed by atoms with Crippen LogP contribution in [-0.4, -0.2) is 48.2 Å². The van der Waals surface area contributed by atoms with Gasteiger partial charge in [-0.15, -0.1) is 11.3 Å². The van der Waals surface area contributed by atoms with Gasteiger partial charge in [-0.3, -0.25) is 5.32 Å². The highest BCUT2D eigenvalue weighted by Crippen LogP contribution is 2.22. The Bertz CT molecular complexity index is 474. The predicted octanol–water partition coefficient (Wildman–Crippen LogP) is 2.69. The van der Waals surface area contributed by atoms with Crippen molar-refractivity contribution in [2.45, 2.75) is 32.7 Å². The fourth-order valence-corrected chi connectivity index (χ4v) is 2.44. The first-order valence-corrected chi connectivity index (χ1v) is 7.85.